The smallest absolute Gasteiger partial charge is 0.338 e. The number of esters is 1. The normalized spacial score (nSPS) is 10.8. The average Bonchev–Trinajstić information content (AvgIpc) is 3.18. The Morgan fingerprint density at radius 3 is 2.76 bits per heavy atom. The molecule has 0 atom stereocenters. The largest absolute Gasteiger partial charge is 0.462 e. The number of rotatable bonds is 6. The summed E-state index contributed by atoms with van der Waals surface area (Å²) in [5.41, 5.74) is 4.72. The quantitative estimate of drug-likeness (QED) is 0.401. The third-order valence-electron chi connectivity index (χ3n) is 4.53. The number of carbonyl (C=O) groups excluding carboxylic acids is 1. The van der Waals surface area contributed by atoms with Crippen molar-refractivity contribution >= 4 is 39.0 Å². The van der Waals surface area contributed by atoms with E-state index < -0.39 is 0 Å². The van der Waals surface area contributed by atoms with Crippen LogP contribution in [-0.4, -0.2) is 22.5 Å². The van der Waals surface area contributed by atoms with Gasteiger partial charge >= 0.3 is 5.97 Å². The number of nitrogens with zero attached hydrogens (tertiary/aromatic N) is 2. The van der Waals surface area contributed by atoms with Crippen LogP contribution in [-0.2, 0) is 4.74 Å². The Hall–Kier alpha value is -3.25. The molecule has 4 aromatic rings. The van der Waals surface area contributed by atoms with Gasteiger partial charge in [-0.2, -0.15) is 0 Å². The highest BCUT2D eigenvalue weighted by molar-refractivity contribution is 7.17. The van der Waals surface area contributed by atoms with E-state index in [1.807, 2.05) is 19.1 Å². The van der Waals surface area contributed by atoms with Crippen LogP contribution in [0, 0.1) is 6.92 Å². The van der Waals surface area contributed by atoms with Crippen molar-refractivity contribution in [2.45, 2.75) is 20.3 Å². The molecule has 0 aliphatic heterocycles. The van der Waals surface area contributed by atoms with Crippen LogP contribution in [0.25, 0.3) is 21.3 Å². The number of hydrogen-bond donors (Lipinski definition) is 1. The number of thiophene rings is 1. The molecule has 0 fully saturated rings. The Labute approximate surface area is 173 Å². The maximum atomic E-state index is 12.2. The van der Waals surface area contributed by atoms with Gasteiger partial charge in [-0.05, 0) is 37.1 Å². The van der Waals surface area contributed by atoms with E-state index in [-0.39, 0.29) is 5.97 Å². The Bertz CT molecular complexity index is 1150. The van der Waals surface area contributed by atoms with Gasteiger partial charge in [0.25, 0.3) is 0 Å². The number of aromatic nitrogens is 2. The predicted octanol–water partition coefficient (Wildman–Crippen LogP) is 5.98. The molecule has 0 radical (unpaired) electrons. The minimum Gasteiger partial charge on any atom is -0.462 e. The van der Waals surface area contributed by atoms with E-state index in [1.54, 1.807) is 29.8 Å². The Morgan fingerprint density at radius 1 is 1.14 bits per heavy atom. The third-order valence-corrected chi connectivity index (χ3v) is 5.42. The molecule has 0 unspecified atom stereocenters. The van der Waals surface area contributed by atoms with Gasteiger partial charge in [-0.15, -0.1) is 11.3 Å². The SMILES string of the molecule is CCCOC(=O)c1cccc(Nc2ncnc3scc(-c4ccc(C)cc4)c23)c1. The lowest BCUT2D eigenvalue weighted by atomic mass is 10.0. The first kappa shape index (κ1) is 19.1. The molecule has 2 aromatic heterocycles. The molecule has 2 aromatic carbocycles. The minimum atomic E-state index is -0.320. The maximum absolute atomic E-state index is 12.2. The van der Waals surface area contributed by atoms with Crippen molar-refractivity contribution in [3.63, 3.8) is 0 Å². The molecule has 0 aliphatic carbocycles. The van der Waals surface area contributed by atoms with Crippen molar-refractivity contribution in [1.82, 2.24) is 9.97 Å². The molecule has 5 nitrogen and oxygen atoms in total. The van der Waals surface area contributed by atoms with E-state index in [0.29, 0.717) is 18.0 Å². The van der Waals surface area contributed by atoms with Gasteiger partial charge in [0.2, 0.25) is 0 Å². The summed E-state index contributed by atoms with van der Waals surface area (Å²) >= 11 is 1.59. The molecule has 146 valence electrons. The first-order valence-corrected chi connectivity index (χ1v) is 10.4. The van der Waals surface area contributed by atoms with E-state index in [1.165, 1.54) is 5.56 Å². The van der Waals surface area contributed by atoms with Crippen LogP contribution >= 0.6 is 11.3 Å². The Balaban J connectivity index is 1.69. The monoisotopic (exact) mass is 403 g/mol. The van der Waals surface area contributed by atoms with Gasteiger partial charge in [-0.1, -0.05) is 42.8 Å². The highest BCUT2D eigenvalue weighted by atomic mass is 32.1. The first-order chi connectivity index (χ1) is 14.2. The zero-order chi connectivity index (χ0) is 20.2. The third kappa shape index (κ3) is 4.12. The van der Waals surface area contributed by atoms with Crippen molar-refractivity contribution in [2.75, 3.05) is 11.9 Å². The van der Waals surface area contributed by atoms with Gasteiger partial charge in [0, 0.05) is 16.6 Å². The van der Waals surface area contributed by atoms with Gasteiger partial charge < -0.3 is 10.1 Å². The number of carbonyl (C=O) groups is 1. The summed E-state index contributed by atoms with van der Waals surface area (Å²) in [6.07, 6.45) is 2.35. The molecular formula is C23H21N3O2S. The number of benzene rings is 2. The second-order valence-electron chi connectivity index (χ2n) is 6.76. The van der Waals surface area contributed by atoms with Crippen molar-refractivity contribution in [3.05, 3.63) is 71.4 Å². The average molecular weight is 404 g/mol. The molecule has 6 heteroatoms. The molecule has 0 spiro atoms. The molecule has 0 bridgehead atoms. The van der Waals surface area contributed by atoms with Gasteiger partial charge in [0.1, 0.15) is 17.0 Å². The standard InChI is InChI=1S/C23H21N3O2S/c1-3-11-28-23(27)17-5-4-6-18(12-17)26-21-20-19(13-29-22(20)25-14-24-21)16-9-7-15(2)8-10-16/h4-10,12-14H,3,11H2,1-2H3,(H,24,25,26). The second-order valence-corrected chi connectivity index (χ2v) is 7.62. The summed E-state index contributed by atoms with van der Waals surface area (Å²) in [4.78, 5) is 22.0. The zero-order valence-electron chi connectivity index (χ0n) is 16.3. The second kappa shape index (κ2) is 8.41. The zero-order valence-corrected chi connectivity index (χ0v) is 17.1. The van der Waals surface area contributed by atoms with E-state index >= 15 is 0 Å². The topological polar surface area (TPSA) is 64.1 Å². The molecule has 29 heavy (non-hydrogen) atoms. The fourth-order valence-electron chi connectivity index (χ4n) is 3.05. The predicted molar refractivity (Wildman–Crippen MR) is 118 cm³/mol. The van der Waals surface area contributed by atoms with Gasteiger partial charge in [0.15, 0.2) is 0 Å². The lowest BCUT2D eigenvalue weighted by Gasteiger charge is -2.10. The number of nitrogens with one attached hydrogen (secondary N) is 1. The van der Waals surface area contributed by atoms with Crippen molar-refractivity contribution in [2.24, 2.45) is 0 Å². The Morgan fingerprint density at radius 2 is 1.97 bits per heavy atom. The van der Waals surface area contributed by atoms with E-state index in [0.717, 1.165) is 33.5 Å². The van der Waals surface area contributed by atoms with Crippen LogP contribution in [0.15, 0.2) is 60.2 Å². The van der Waals surface area contributed by atoms with Crippen LogP contribution in [0.3, 0.4) is 0 Å². The molecule has 1 N–H and O–H groups in total. The highest BCUT2D eigenvalue weighted by Crippen LogP contribution is 2.37. The van der Waals surface area contributed by atoms with Crippen molar-refractivity contribution < 1.29 is 9.53 Å². The van der Waals surface area contributed by atoms with Gasteiger partial charge in [0.05, 0.1) is 17.6 Å². The van der Waals surface area contributed by atoms with Crippen molar-refractivity contribution in [3.8, 4) is 11.1 Å². The summed E-state index contributed by atoms with van der Waals surface area (Å²) in [6.45, 7) is 4.46. The van der Waals surface area contributed by atoms with E-state index in [4.69, 9.17) is 4.74 Å². The molecule has 2 heterocycles. The summed E-state index contributed by atoms with van der Waals surface area (Å²) in [7, 11) is 0. The maximum Gasteiger partial charge on any atom is 0.338 e. The molecule has 0 saturated heterocycles. The number of hydrogen-bond acceptors (Lipinski definition) is 6. The summed E-state index contributed by atoms with van der Waals surface area (Å²) in [5, 5.41) is 6.43. The number of ether oxygens (including phenoxy) is 1. The molecule has 0 amide bonds. The molecular weight excluding hydrogens is 382 g/mol. The van der Waals surface area contributed by atoms with Crippen molar-refractivity contribution in [1.29, 1.82) is 0 Å². The summed E-state index contributed by atoms with van der Waals surface area (Å²) < 4.78 is 5.24. The highest BCUT2D eigenvalue weighted by Gasteiger charge is 2.14. The lowest BCUT2D eigenvalue weighted by molar-refractivity contribution is 0.0505. The molecule has 0 saturated carbocycles. The number of fused-ring (bicyclic) bond motifs is 1. The fourth-order valence-corrected chi connectivity index (χ4v) is 3.97. The Kier molecular flexibility index (Phi) is 5.53. The van der Waals surface area contributed by atoms with Crippen LogP contribution in [0.2, 0.25) is 0 Å². The first-order valence-electron chi connectivity index (χ1n) is 9.49. The lowest BCUT2D eigenvalue weighted by Crippen LogP contribution is -2.06. The van der Waals surface area contributed by atoms with Crippen LogP contribution in [0.4, 0.5) is 11.5 Å². The van der Waals surface area contributed by atoms with Gasteiger partial charge in [-0.3, -0.25) is 0 Å². The summed E-state index contributed by atoms with van der Waals surface area (Å²) in [6, 6.07) is 15.7. The number of aryl methyl sites for hydroxylation is 1. The van der Waals surface area contributed by atoms with E-state index in [2.05, 4.69) is 51.9 Å². The van der Waals surface area contributed by atoms with Gasteiger partial charge in [-0.25, -0.2) is 14.8 Å². The van der Waals surface area contributed by atoms with Crippen LogP contribution < -0.4 is 5.32 Å². The fraction of sp³-hybridized carbons (Fsp3) is 0.174. The summed E-state index contributed by atoms with van der Waals surface area (Å²) in [5.74, 6) is 0.394. The van der Waals surface area contributed by atoms with E-state index in [9.17, 15) is 4.79 Å². The molecule has 0 aliphatic rings. The van der Waals surface area contributed by atoms with Crippen LogP contribution in [0.1, 0.15) is 29.3 Å². The molecule has 4 rings (SSSR count). The number of anilines is 2. The van der Waals surface area contributed by atoms with Crippen LogP contribution in [0.5, 0.6) is 0 Å². The minimum absolute atomic E-state index is 0.320.